The molecule has 0 radical (unpaired) electrons. The van der Waals surface area contributed by atoms with Crippen molar-refractivity contribution in [2.45, 2.75) is 0 Å². The van der Waals surface area contributed by atoms with Crippen LogP contribution >= 0.6 is 0 Å². The lowest BCUT2D eigenvalue weighted by Crippen LogP contribution is -1.97. The number of para-hydroxylation sites is 2. The van der Waals surface area contributed by atoms with Gasteiger partial charge >= 0.3 is 0 Å². The summed E-state index contributed by atoms with van der Waals surface area (Å²) >= 11 is 0. The number of carbonyl (C=O) groups is 1. The number of nitrogens with zero attached hydrogens (tertiary/aromatic N) is 1. The van der Waals surface area contributed by atoms with E-state index in [0.717, 1.165) is 23.0 Å². The van der Waals surface area contributed by atoms with Crippen molar-refractivity contribution in [2.24, 2.45) is 0 Å². The van der Waals surface area contributed by atoms with Crippen molar-refractivity contribution in [1.82, 2.24) is 4.57 Å². The van der Waals surface area contributed by atoms with Crippen LogP contribution in [0.2, 0.25) is 0 Å². The zero-order valence-corrected chi connectivity index (χ0v) is 12.7. The van der Waals surface area contributed by atoms with Gasteiger partial charge in [0.2, 0.25) is 0 Å². The zero-order valence-electron chi connectivity index (χ0n) is 12.7. The lowest BCUT2D eigenvalue weighted by molar-refractivity contribution is 0.112. The fraction of sp³-hybridized carbons (Fsp3) is 0.0500. The van der Waals surface area contributed by atoms with E-state index in [0.29, 0.717) is 11.3 Å². The van der Waals surface area contributed by atoms with E-state index in [1.54, 1.807) is 13.2 Å². The van der Waals surface area contributed by atoms with Gasteiger partial charge in [-0.3, -0.25) is 4.79 Å². The average molecular weight is 301 g/mol. The van der Waals surface area contributed by atoms with E-state index in [-0.39, 0.29) is 0 Å². The van der Waals surface area contributed by atoms with Crippen LogP contribution in [0.15, 0.2) is 66.7 Å². The minimum atomic E-state index is 0.553. The number of hydrogen-bond donors (Lipinski definition) is 0. The summed E-state index contributed by atoms with van der Waals surface area (Å²) in [6.07, 6.45) is 0.814. The third-order valence-corrected chi connectivity index (χ3v) is 4.18. The Bertz CT molecular complexity index is 977. The monoisotopic (exact) mass is 301 g/mol. The van der Waals surface area contributed by atoms with Gasteiger partial charge in [-0.05, 0) is 24.3 Å². The Kier molecular flexibility index (Phi) is 3.12. The predicted octanol–water partition coefficient (Wildman–Crippen LogP) is 4.60. The van der Waals surface area contributed by atoms with E-state index in [4.69, 9.17) is 4.74 Å². The molecule has 0 unspecified atom stereocenters. The number of aromatic nitrogens is 1. The molecule has 0 N–H and O–H groups in total. The van der Waals surface area contributed by atoms with E-state index < -0.39 is 0 Å². The molecule has 23 heavy (non-hydrogen) atoms. The molecule has 0 spiro atoms. The van der Waals surface area contributed by atoms with Crippen molar-refractivity contribution in [3.8, 4) is 11.4 Å². The Morgan fingerprint density at radius 2 is 1.48 bits per heavy atom. The second kappa shape index (κ2) is 5.29. The van der Waals surface area contributed by atoms with Crippen molar-refractivity contribution < 1.29 is 9.53 Å². The van der Waals surface area contributed by atoms with E-state index in [2.05, 4.69) is 41.0 Å². The normalized spacial score (nSPS) is 11.0. The summed E-state index contributed by atoms with van der Waals surface area (Å²) < 4.78 is 7.55. The second-order valence-electron chi connectivity index (χ2n) is 5.41. The highest BCUT2D eigenvalue weighted by Gasteiger charge is 2.12. The van der Waals surface area contributed by atoms with Gasteiger partial charge in [-0.2, -0.15) is 0 Å². The van der Waals surface area contributed by atoms with Crippen molar-refractivity contribution in [1.29, 1.82) is 0 Å². The molecular weight excluding hydrogens is 286 g/mol. The Labute approximate surface area is 133 Å². The van der Waals surface area contributed by atoms with Gasteiger partial charge in [0.25, 0.3) is 0 Å². The third kappa shape index (κ3) is 2.01. The number of methoxy groups -OCH3 is 1. The Morgan fingerprint density at radius 1 is 0.870 bits per heavy atom. The molecule has 112 valence electrons. The van der Waals surface area contributed by atoms with Gasteiger partial charge < -0.3 is 9.30 Å². The molecule has 0 fully saturated rings. The summed E-state index contributed by atoms with van der Waals surface area (Å²) in [5.74, 6) is 0.583. The van der Waals surface area contributed by atoms with E-state index >= 15 is 0 Å². The minimum Gasteiger partial charge on any atom is -0.496 e. The van der Waals surface area contributed by atoms with E-state index in [9.17, 15) is 4.79 Å². The molecule has 0 aliphatic heterocycles. The summed E-state index contributed by atoms with van der Waals surface area (Å²) in [4.78, 5) is 11.1. The zero-order chi connectivity index (χ0) is 15.8. The second-order valence-corrected chi connectivity index (χ2v) is 5.41. The SMILES string of the molecule is COc1cc(-n2c3ccccc3c3ccccc32)ccc1C=O. The molecule has 3 heteroatoms. The highest BCUT2D eigenvalue weighted by Crippen LogP contribution is 2.33. The first kappa shape index (κ1) is 13.6. The first-order valence-electron chi connectivity index (χ1n) is 7.45. The maximum atomic E-state index is 11.1. The number of ether oxygens (including phenoxy) is 1. The predicted molar refractivity (Wildman–Crippen MR) is 92.7 cm³/mol. The molecule has 3 aromatic carbocycles. The topological polar surface area (TPSA) is 31.2 Å². The lowest BCUT2D eigenvalue weighted by atomic mass is 10.2. The molecule has 0 bridgehead atoms. The molecule has 0 saturated heterocycles. The fourth-order valence-electron chi connectivity index (χ4n) is 3.14. The van der Waals surface area contributed by atoms with Gasteiger partial charge in [0, 0.05) is 22.5 Å². The Balaban J connectivity index is 2.10. The van der Waals surface area contributed by atoms with Gasteiger partial charge in [0.05, 0.1) is 23.7 Å². The molecule has 0 amide bonds. The molecule has 1 heterocycles. The van der Waals surface area contributed by atoms with Gasteiger partial charge in [-0.15, -0.1) is 0 Å². The van der Waals surface area contributed by atoms with Crippen LogP contribution in [0.1, 0.15) is 10.4 Å². The van der Waals surface area contributed by atoms with Gasteiger partial charge in [0.1, 0.15) is 5.75 Å². The van der Waals surface area contributed by atoms with Gasteiger partial charge in [-0.25, -0.2) is 0 Å². The summed E-state index contributed by atoms with van der Waals surface area (Å²) in [7, 11) is 1.58. The molecule has 0 aliphatic rings. The van der Waals surface area contributed by atoms with E-state index in [1.807, 2.05) is 24.3 Å². The van der Waals surface area contributed by atoms with Crippen molar-refractivity contribution in [3.63, 3.8) is 0 Å². The molecule has 0 atom stereocenters. The molecule has 1 aromatic heterocycles. The Hall–Kier alpha value is -3.07. The molecule has 4 rings (SSSR count). The van der Waals surface area contributed by atoms with Crippen molar-refractivity contribution in [2.75, 3.05) is 7.11 Å². The summed E-state index contributed by atoms with van der Waals surface area (Å²) in [6.45, 7) is 0. The maximum Gasteiger partial charge on any atom is 0.153 e. The minimum absolute atomic E-state index is 0.553. The van der Waals surface area contributed by atoms with Crippen LogP contribution in [0, 0.1) is 0 Å². The molecule has 3 nitrogen and oxygen atoms in total. The molecule has 4 aromatic rings. The molecule has 0 aliphatic carbocycles. The number of fused-ring (bicyclic) bond motifs is 3. The first-order chi connectivity index (χ1) is 11.3. The average Bonchev–Trinajstić information content (AvgIpc) is 2.95. The van der Waals surface area contributed by atoms with E-state index in [1.165, 1.54) is 10.8 Å². The largest absolute Gasteiger partial charge is 0.496 e. The number of rotatable bonds is 3. The van der Waals surface area contributed by atoms with Crippen molar-refractivity contribution >= 4 is 28.1 Å². The lowest BCUT2D eigenvalue weighted by Gasteiger charge is -2.11. The van der Waals surface area contributed by atoms with Gasteiger partial charge in [-0.1, -0.05) is 36.4 Å². The number of carbonyl (C=O) groups excluding carboxylic acids is 1. The van der Waals surface area contributed by atoms with Crippen LogP contribution in [-0.2, 0) is 0 Å². The van der Waals surface area contributed by atoms with Crippen LogP contribution in [0.5, 0.6) is 5.75 Å². The quantitative estimate of drug-likeness (QED) is 0.518. The highest BCUT2D eigenvalue weighted by molar-refractivity contribution is 6.09. The van der Waals surface area contributed by atoms with Crippen molar-refractivity contribution in [3.05, 3.63) is 72.3 Å². The van der Waals surface area contributed by atoms with Crippen LogP contribution in [0.3, 0.4) is 0 Å². The third-order valence-electron chi connectivity index (χ3n) is 4.18. The van der Waals surface area contributed by atoms with Crippen LogP contribution in [-0.4, -0.2) is 18.0 Å². The number of aldehydes is 1. The standard InChI is InChI=1S/C20H15NO2/c1-23-20-12-15(11-10-14(20)13-22)21-18-8-4-2-6-16(18)17-7-3-5-9-19(17)21/h2-13H,1H3. The molecule has 0 saturated carbocycles. The summed E-state index contributed by atoms with van der Waals surface area (Å²) in [5, 5.41) is 2.42. The number of hydrogen-bond acceptors (Lipinski definition) is 2. The fourth-order valence-corrected chi connectivity index (χ4v) is 3.14. The van der Waals surface area contributed by atoms with Crippen LogP contribution < -0.4 is 4.74 Å². The Morgan fingerprint density at radius 3 is 2.04 bits per heavy atom. The first-order valence-corrected chi connectivity index (χ1v) is 7.45. The number of benzene rings is 3. The highest BCUT2D eigenvalue weighted by atomic mass is 16.5. The molecular formula is C20H15NO2. The summed E-state index contributed by atoms with van der Waals surface area (Å²) in [5.41, 5.74) is 3.80. The van der Waals surface area contributed by atoms with Crippen LogP contribution in [0.25, 0.3) is 27.5 Å². The van der Waals surface area contributed by atoms with Crippen LogP contribution in [0.4, 0.5) is 0 Å². The summed E-state index contributed by atoms with van der Waals surface area (Å²) in [6, 6.07) is 22.3. The maximum absolute atomic E-state index is 11.1. The smallest absolute Gasteiger partial charge is 0.153 e. The van der Waals surface area contributed by atoms with Gasteiger partial charge in [0.15, 0.2) is 6.29 Å².